The van der Waals surface area contributed by atoms with Gasteiger partial charge in [0.25, 0.3) is 15.9 Å². The van der Waals surface area contributed by atoms with Crippen molar-refractivity contribution in [3.05, 3.63) is 60.2 Å². The molecule has 1 saturated heterocycles. The van der Waals surface area contributed by atoms with E-state index in [1.165, 1.54) is 35.6 Å². The van der Waals surface area contributed by atoms with Gasteiger partial charge in [-0.2, -0.15) is 0 Å². The molecule has 1 amide bonds. The zero-order valence-corrected chi connectivity index (χ0v) is 16.4. The lowest BCUT2D eigenvalue weighted by Crippen LogP contribution is -2.32. The summed E-state index contributed by atoms with van der Waals surface area (Å²) in [5.41, 5.74) is 0.724. The standard InChI is InChI=1S/C20H22N2O5S/c1-21(17-7-3-2-4-8-17)28(25,26)18-11-9-16(10-12-18)20(24)27-15-19(23)22-13-5-6-14-22/h2-4,7-12H,5-6,13-15H2,1H3. The summed E-state index contributed by atoms with van der Waals surface area (Å²) in [4.78, 5) is 25.8. The molecule has 1 heterocycles. The first-order valence-corrected chi connectivity index (χ1v) is 10.4. The molecule has 0 bridgehead atoms. The van der Waals surface area contributed by atoms with Crippen LogP contribution >= 0.6 is 0 Å². The topological polar surface area (TPSA) is 84.0 Å². The number of esters is 1. The summed E-state index contributed by atoms with van der Waals surface area (Å²) >= 11 is 0. The van der Waals surface area contributed by atoms with Gasteiger partial charge in [0.15, 0.2) is 6.61 Å². The Morgan fingerprint density at radius 3 is 2.21 bits per heavy atom. The van der Waals surface area contributed by atoms with E-state index in [-0.39, 0.29) is 23.0 Å². The van der Waals surface area contributed by atoms with Crippen LogP contribution in [0, 0.1) is 0 Å². The van der Waals surface area contributed by atoms with Gasteiger partial charge in [0, 0.05) is 20.1 Å². The largest absolute Gasteiger partial charge is 0.452 e. The molecule has 28 heavy (non-hydrogen) atoms. The molecule has 0 spiro atoms. The van der Waals surface area contributed by atoms with Crippen molar-refractivity contribution < 1.29 is 22.7 Å². The number of carbonyl (C=O) groups is 2. The second-order valence-electron chi connectivity index (χ2n) is 6.50. The van der Waals surface area contributed by atoms with Crippen molar-refractivity contribution in [3.8, 4) is 0 Å². The maximum Gasteiger partial charge on any atom is 0.338 e. The van der Waals surface area contributed by atoms with Gasteiger partial charge in [-0.15, -0.1) is 0 Å². The van der Waals surface area contributed by atoms with Gasteiger partial charge in [0.05, 0.1) is 16.1 Å². The monoisotopic (exact) mass is 402 g/mol. The Kier molecular flexibility index (Phi) is 5.99. The minimum absolute atomic E-state index is 0.0588. The van der Waals surface area contributed by atoms with Gasteiger partial charge in [-0.05, 0) is 49.2 Å². The molecule has 1 aliphatic heterocycles. The number of ether oxygens (including phenoxy) is 1. The molecular formula is C20H22N2O5S. The van der Waals surface area contributed by atoms with E-state index >= 15 is 0 Å². The van der Waals surface area contributed by atoms with Crippen molar-refractivity contribution in [1.29, 1.82) is 0 Å². The Morgan fingerprint density at radius 2 is 1.61 bits per heavy atom. The van der Waals surface area contributed by atoms with E-state index in [0.29, 0.717) is 18.8 Å². The second-order valence-corrected chi connectivity index (χ2v) is 8.47. The maximum absolute atomic E-state index is 12.7. The van der Waals surface area contributed by atoms with Crippen LogP contribution in [0.15, 0.2) is 59.5 Å². The van der Waals surface area contributed by atoms with Gasteiger partial charge < -0.3 is 9.64 Å². The third-order valence-corrected chi connectivity index (χ3v) is 6.45. The van der Waals surface area contributed by atoms with Gasteiger partial charge in [-0.25, -0.2) is 13.2 Å². The van der Waals surface area contributed by atoms with Gasteiger partial charge in [-0.1, -0.05) is 18.2 Å². The van der Waals surface area contributed by atoms with Gasteiger partial charge >= 0.3 is 5.97 Å². The van der Waals surface area contributed by atoms with Crippen LogP contribution in [-0.2, 0) is 19.6 Å². The molecular weight excluding hydrogens is 380 g/mol. The third-order valence-electron chi connectivity index (χ3n) is 4.65. The molecule has 0 radical (unpaired) electrons. The molecule has 0 aliphatic carbocycles. The summed E-state index contributed by atoms with van der Waals surface area (Å²) in [6.45, 7) is 1.07. The molecule has 0 atom stereocenters. The number of likely N-dealkylation sites (tertiary alicyclic amines) is 1. The van der Waals surface area contributed by atoms with Crippen LogP contribution in [0.5, 0.6) is 0 Å². The van der Waals surface area contributed by atoms with E-state index < -0.39 is 16.0 Å². The summed E-state index contributed by atoms with van der Waals surface area (Å²) in [6, 6.07) is 14.2. The summed E-state index contributed by atoms with van der Waals surface area (Å²) in [6.07, 6.45) is 1.93. The highest BCUT2D eigenvalue weighted by Crippen LogP contribution is 2.22. The first kappa shape index (κ1) is 19.9. The number of nitrogens with zero attached hydrogens (tertiary/aromatic N) is 2. The van der Waals surface area contributed by atoms with Crippen molar-refractivity contribution in [3.63, 3.8) is 0 Å². The molecule has 8 heteroatoms. The average molecular weight is 402 g/mol. The van der Waals surface area contributed by atoms with E-state index in [0.717, 1.165) is 12.8 Å². The number of sulfonamides is 1. The first-order chi connectivity index (χ1) is 13.4. The number of rotatable bonds is 6. The number of carbonyl (C=O) groups excluding carboxylic acids is 2. The Bertz CT molecular complexity index is 936. The predicted octanol–water partition coefficient (Wildman–Crippen LogP) is 2.29. The molecule has 2 aromatic rings. The third kappa shape index (κ3) is 4.33. The molecule has 1 fully saturated rings. The quantitative estimate of drug-likeness (QED) is 0.692. The van der Waals surface area contributed by atoms with Crippen LogP contribution in [0.4, 0.5) is 5.69 Å². The zero-order valence-electron chi connectivity index (χ0n) is 15.6. The number of anilines is 1. The highest BCUT2D eigenvalue weighted by atomic mass is 32.2. The van der Waals surface area contributed by atoms with E-state index in [4.69, 9.17) is 4.74 Å². The van der Waals surface area contributed by atoms with Crippen LogP contribution in [0.1, 0.15) is 23.2 Å². The van der Waals surface area contributed by atoms with Crippen molar-refractivity contribution in [2.24, 2.45) is 0 Å². The SMILES string of the molecule is CN(c1ccccc1)S(=O)(=O)c1ccc(C(=O)OCC(=O)N2CCCC2)cc1. The van der Waals surface area contributed by atoms with Crippen LogP contribution in [0.2, 0.25) is 0 Å². The van der Waals surface area contributed by atoms with Gasteiger partial charge in [0.2, 0.25) is 0 Å². The number of amides is 1. The molecule has 3 rings (SSSR count). The van der Waals surface area contributed by atoms with E-state index in [2.05, 4.69) is 0 Å². The number of para-hydroxylation sites is 1. The molecule has 0 unspecified atom stereocenters. The average Bonchev–Trinajstić information content (AvgIpc) is 3.27. The number of hydrogen-bond donors (Lipinski definition) is 0. The van der Waals surface area contributed by atoms with E-state index in [9.17, 15) is 18.0 Å². The van der Waals surface area contributed by atoms with Crippen molar-refractivity contribution in [2.45, 2.75) is 17.7 Å². The highest BCUT2D eigenvalue weighted by Gasteiger charge is 2.22. The minimum atomic E-state index is -3.75. The van der Waals surface area contributed by atoms with Crippen molar-refractivity contribution in [2.75, 3.05) is 31.0 Å². The predicted molar refractivity (Wildman–Crippen MR) is 105 cm³/mol. The molecule has 0 saturated carbocycles. The van der Waals surface area contributed by atoms with E-state index in [1.807, 2.05) is 0 Å². The maximum atomic E-state index is 12.7. The fraction of sp³-hybridized carbons (Fsp3) is 0.300. The Morgan fingerprint density at radius 1 is 1.00 bits per heavy atom. The molecule has 1 aliphatic rings. The van der Waals surface area contributed by atoms with Crippen LogP contribution in [0.25, 0.3) is 0 Å². The summed E-state index contributed by atoms with van der Waals surface area (Å²) in [5, 5.41) is 0. The second kappa shape index (κ2) is 8.43. The lowest BCUT2D eigenvalue weighted by atomic mass is 10.2. The molecule has 0 N–H and O–H groups in total. The van der Waals surface area contributed by atoms with Crippen LogP contribution < -0.4 is 4.31 Å². The lowest BCUT2D eigenvalue weighted by Gasteiger charge is -2.19. The van der Waals surface area contributed by atoms with Crippen LogP contribution in [-0.4, -0.2) is 51.9 Å². The van der Waals surface area contributed by atoms with Gasteiger partial charge in [-0.3, -0.25) is 9.10 Å². The summed E-state index contributed by atoms with van der Waals surface area (Å²) in [7, 11) is -2.28. The lowest BCUT2D eigenvalue weighted by molar-refractivity contribution is -0.133. The summed E-state index contributed by atoms with van der Waals surface area (Å²) < 4.78 is 31.7. The highest BCUT2D eigenvalue weighted by molar-refractivity contribution is 7.92. The Balaban J connectivity index is 1.65. The fourth-order valence-corrected chi connectivity index (χ4v) is 4.16. The smallest absolute Gasteiger partial charge is 0.338 e. The van der Waals surface area contributed by atoms with Crippen molar-refractivity contribution >= 4 is 27.6 Å². The zero-order chi connectivity index (χ0) is 20.1. The Hall–Kier alpha value is -2.87. The normalized spacial score (nSPS) is 14.0. The minimum Gasteiger partial charge on any atom is -0.452 e. The summed E-state index contributed by atoms with van der Waals surface area (Å²) in [5.74, 6) is -0.873. The molecule has 2 aromatic carbocycles. The molecule has 148 valence electrons. The first-order valence-electron chi connectivity index (χ1n) is 8.98. The van der Waals surface area contributed by atoms with E-state index in [1.54, 1.807) is 35.2 Å². The molecule has 0 aromatic heterocycles. The Labute approximate surface area is 164 Å². The molecule has 7 nitrogen and oxygen atoms in total. The fourth-order valence-electron chi connectivity index (χ4n) is 2.97. The number of hydrogen-bond acceptors (Lipinski definition) is 5. The van der Waals surface area contributed by atoms with Crippen LogP contribution in [0.3, 0.4) is 0 Å². The van der Waals surface area contributed by atoms with Crippen molar-refractivity contribution in [1.82, 2.24) is 4.90 Å². The number of benzene rings is 2. The van der Waals surface area contributed by atoms with Gasteiger partial charge in [0.1, 0.15) is 0 Å².